The van der Waals surface area contributed by atoms with Crippen molar-refractivity contribution in [2.75, 3.05) is 32.0 Å². The Bertz CT molecular complexity index is 1270. The molecule has 1 saturated heterocycles. The number of carbonyl (C=O) groups is 1. The number of benzene rings is 2. The number of sulfonamides is 1. The van der Waals surface area contributed by atoms with Gasteiger partial charge in [-0.05, 0) is 42.2 Å². The zero-order valence-corrected chi connectivity index (χ0v) is 23.4. The van der Waals surface area contributed by atoms with Gasteiger partial charge < -0.3 is 25.1 Å². The maximum Gasteiger partial charge on any atom is 0.509 e. The first kappa shape index (κ1) is 32.2. The van der Waals surface area contributed by atoms with Crippen molar-refractivity contribution < 1.29 is 45.7 Å². The third kappa shape index (κ3) is 9.61. The summed E-state index contributed by atoms with van der Waals surface area (Å²) in [6.07, 6.45) is -8.69. The van der Waals surface area contributed by atoms with Crippen LogP contribution in [0.5, 0.6) is 0 Å². The normalized spacial score (nSPS) is 17.9. The number of nitrogens with zero attached hydrogens (tertiary/aromatic N) is 2. The lowest BCUT2D eigenvalue weighted by molar-refractivity contribution is -0.263. The number of aliphatic imine (C=N–C) groups is 1. The van der Waals surface area contributed by atoms with Gasteiger partial charge in [-0.25, -0.2) is 13.2 Å². The number of alkyl halides is 3. The van der Waals surface area contributed by atoms with Crippen LogP contribution in [0.4, 0.5) is 23.7 Å². The molecule has 3 rings (SSSR count). The molecule has 2 N–H and O–H groups in total. The average molecular weight is 601 g/mol. The fourth-order valence-electron chi connectivity index (χ4n) is 4.14. The van der Waals surface area contributed by atoms with Gasteiger partial charge in [-0.15, -0.1) is 0 Å². The van der Waals surface area contributed by atoms with E-state index < -0.39 is 53.0 Å². The minimum Gasteiger partial charge on any atom is -0.856 e. The number of rotatable bonds is 12. The number of anilines is 1. The van der Waals surface area contributed by atoms with Crippen molar-refractivity contribution in [2.24, 2.45) is 10.9 Å². The number of carbonyl (C=O) groups excluding carboxylic acids is 1. The Morgan fingerprint density at radius 2 is 1.80 bits per heavy atom. The first-order chi connectivity index (χ1) is 19.3. The highest BCUT2D eigenvalue weighted by Gasteiger charge is 2.37. The van der Waals surface area contributed by atoms with Crippen LogP contribution in [0, 0.1) is 5.92 Å². The Labute approximate surface area is 237 Å². The Morgan fingerprint density at radius 1 is 1.15 bits per heavy atom. The smallest absolute Gasteiger partial charge is 0.509 e. The first-order valence-electron chi connectivity index (χ1n) is 12.9. The number of hydrogen-bond acceptors (Lipinski definition) is 9. The second kappa shape index (κ2) is 14.0. The third-order valence-electron chi connectivity index (χ3n) is 6.11. The van der Waals surface area contributed by atoms with Gasteiger partial charge in [-0.3, -0.25) is 4.99 Å². The predicted octanol–water partition coefficient (Wildman–Crippen LogP) is 3.16. The van der Waals surface area contributed by atoms with Gasteiger partial charge in [0.25, 0.3) is 0 Å². The van der Waals surface area contributed by atoms with E-state index in [0.29, 0.717) is 24.3 Å². The van der Waals surface area contributed by atoms with Crippen molar-refractivity contribution in [2.45, 2.75) is 56.0 Å². The summed E-state index contributed by atoms with van der Waals surface area (Å²) in [6.45, 7) is 3.25. The monoisotopic (exact) mass is 600 g/mol. The van der Waals surface area contributed by atoms with E-state index in [1.807, 2.05) is 0 Å². The average Bonchev–Trinajstić information content (AvgIpc) is 3.40. The lowest BCUT2D eigenvalue weighted by atomic mass is 10.0. The second-order valence-electron chi connectivity index (χ2n) is 9.98. The van der Waals surface area contributed by atoms with Crippen LogP contribution in [0.15, 0.2) is 64.5 Å². The molecule has 3 atom stereocenters. The maximum absolute atomic E-state index is 13.7. The largest absolute Gasteiger partial charge is 0.856 e. The summed E-state index contributed by atoms with van der Waals surface area (Å²) in [4.78, 5) is 16.0. The van der Waals surface area contributed by atoms with E-state index in [9.17, 15) is 31.5 Å². The van der Waals surface area contributed by atoms with Crippen molar-refractivity contribution >= 4 is 27.8 Å². The van der Waals surface area contributed by atoms with Crippen molar-refractivity contribution in [3.63, 3.8) is 0 Å². The van der Waals surface area contributed by atoms with Crippen LogP contribution < -0.4 is 10.8 Å². The fraction of sp³-hybridized carbons (Fsp3) is 0.481. The van der Waals surface area contributed by atoms with Crippen molar-refractivity contribution in [1.29, 1.82) is 0 Å². The molecule has 3 unspecified atom stereocenters. The molecular formula is C27H33F3N3O7S-. The number of nitrogens with two attached hydrogens (primary N) is 1. The molecule has 1 heterocycles. The van der Waals surface area contributed by atoms with E-state index in [0.717, 1.165) is 4.31 Å². The van der Waals surface area contributed by atoms with Crippen LogP contribution in [0.25, 0.3) is 0 Å². The molecule has 2 aromatic carbocycles. The van der Waals surface area contributed by atoms with Crippen LogP contribution in [0.1, 0.15) is 25.8 Å². The number of nitrogen functional groups attached to an aromatic ring is 1. The Hall–Kier alpha value is -3.36. The summed E-state index contributed by atoms with van der Waals surface area (Å²) in [5, 5.41) is 12.0. The van der Waals surface area contributed by atoms with Crippen molar-refractivity contribution in [1.82, 2.24) is 4.31 Å². The standard InChI is InChI=1S/C27H34F3N3O7S/c1-18(2)15-33(41(36,37)22-10-8-20(31)9-11-22)16-24(40-26(35)39-21-12-13-38-17-21)23(32-25(34)27(28,29)30)14-19-6-4-3-5-7-19/h3-11,18,21,23-24H,12-17,31H2,1-2H3,(H,32,34)/p-1. The third-order valence-corrected chi connectivity index (χ3v) is 7.96. The molecule has 226 valence electrons. The van der Waals surface area contributed by atoms with Crippen molar-refractivity contribution in [3.05, 3.63) is 60.2 Å². The van der Waals surface area contributed by atoms with Gasteiger partial charge in [0.05, 0.1) is 36.6 Å². The molecule has 1 fully saturated rings. The molecule has 41 heavy (non-hydrogen) atoms. The van der Waals surface area contributed by atoms with Gasteiger partial charge in [0.2, 0.25) is 10.0 Å². The molecule has 14 heteroatoms. The molecule has 0 radical (unpaired) electrons. The van der Waals surface area contributed by atoms with E-state index in [4.69, 9.17) is 19.9 Å². The predicted molar refractivity (Wildman–Crippen MR) is 142 cm³/mol. The van der Waals surface area contributed by atoms with E-state index in [-0.39, 0.29) is 30.4 Å². The van der Waals surface area contributed by atoms with Gasteiger partial charge in [-0.2, -0.15) is 17.5 Å². The van der Waals surface area contributed by atoms with E-state index in [2.05, 4.69) is 4.99 Å². The summed E-state index contributed by atoms with van der Waals surface area (Å²) >= 11 is 0. The Morgan fingerprint density at radius 3 is 2.37 bits per heavy atom. The molecule has 2 aromatic rings. The number of hydrogen-bond donors (Lipinski definition) is 1. The quantitative estimate of drug-likeness (QED) is 0.169. The second-order valence-corrected chi connectivity index (χ2v) is 11.9. The lowest BCUT2D eigenvalue weighted by Gasteiger charge is -2.32. The van der Waals surface area contributed by atoms with Crippen LogP contribution in [-0.4, -0.2) is 75.5 Å². The van der Waals surface area contributed by atoms with Crippen LogP contribution >= 0.6 is 0 Å². The molecule has 10 nitrogen and oxygen atoms in total. The molecule has 0 saturated carbocycles. The number of ether oxygens (including phenoxy) is 3. The molecule has 0 bridgehead atoms. The Kier molecular flexibility index (Phi) is 11.0. The van der Waals surface area contributed by atoms with Crippen LogP contribution in [0.2, 0.25) is 0 Å². The summed E-state index contributed by atoms with van der Waals surface area (Å²) in [7, 11) is -4.25. The maximum atomic E-state index is 13.7. The molecule has 0 amide bonds. The fourth-order valence-corrected chi connectivity index (χ4v) is 5.75. The summed E-state index contributed by atoms with van der Waals surface area (Å²) < 4.78 is 84.1. The SMILES string of the molecule is CC(C)CN(CC(OC(=O)OC1CCOC1)C(Cc1ccccc1)N=C([O-])C(F)(F)F)S(=O)(=O)c1ccc(N)cc1. The zero-order chi connectivity index (χ0) is 30.2. The van der Waals surface area contributed by atoms with Crippen LogP contribution in [0.3, 0.4) is 0 Å². The number of halogens is 3. The minimum atomic E-state index is -5.30. The zero-order valence-electron chi connectivity index (χ0n) is 22.6. The Balaban J connectivity index is 2.04. The minimum absolute atomic E-state index is 0.0800. The molecule has 0 spiro atoms. The van der Waals surface area contributed by atoms with Gasteiger partial charge >= 0.3 is 12.3 Å². The van der Waals surface area contributed by atoms with Gasteiger partial charge in [0.1, 0.15) is 12.2 Å². The van der Waals surface area contributed by atoms with E-state index in [1.54, 1.807) is 44.2 Å². The van der Waals surface area contributed by atoms with Gasteiger partial charge in [0.15, 0.2) is 0 Å². The van der Waals surface area contributed by atoms with Gasteiger partial charge in [0, 0.05) is 18.7 Å². The first-order valence-corrected chi connectivity index (χ1v) is 14.4. The van der Waals surface area contributed by atoms with Crippen LogP contribution in [-0.2, 0) is 30.7 Å². The van der Waals surface area contributed by atoms with Gasteiger partial charge in [-0.1, -0.05) is 44.2 Å². The van der Waals surface area contributed by atoms with E-state index in [1.165, 1.54) is 24.3 Å². The topological polar surface area (TPSA) is 144 Å². The molecule has 1 aliphatic heterocycles. The summed E-state index contributed by atoms with van der Waals surface area (Å²) in [5.41, 5.74) is 6.51. The molecule has 0 aromatic heterocycles. The highest BCUT2D eigenvalue weighted by molar-refractivity contribution is 7.89. The molecule has 1 aliphatic rings. The summed E-state index contributed by atoms with van der Waals surface area (Å²) in [6, 6.07) is 11.9. The highest BCUT2D eigenvalue weighted by atomic mass is 32.2. The summed E-state index contributed by atoms with van der Waals surface area (Å²) in [5.74, 6) is -2.62. The molecule has 0 aliphatic carbocycles. The molecular weight excluding hydrogens is 567 g/mol. The lowest BCUT2D eigenvalue weighted by Crippen LogP contribution is -2.47. The van der Waals surface area contributed by atoms with E-state index >= 15 is 0 Å². The highest BCUT2D eigenvalue weighted by Crippen LogP contribution is 2.24. The van der Waals surface area contributed by atoms with Crippen molar-refractivity contribution in [3.8, 4) is 0 Å².